The zero-order valence-corrected chi connectivity index (χ0v) is 20.4. The van der Waals surface area contributed by atoms with Gasteiger partial charge in [0.25, 0.3) is 0 Å². The number of piperidine rings is 1. The summed E-state index contributed by atoms with van der Waals surface area (Å²) in [4.78, 5) is 6.96. The second-order valence-electron chi connectivity index (χ2n) is 6.90. The maximum absolute atomic E-state index is 11.6. The highest BCUT2D eigenvalue weighted by Crippen LogP contribution is 2.19. The third-order valence-corrected chi connectivity index (χ3v) is 5.87. The fourth-order valence-electron chi connectivity index (χ4n) is 2.94. The summed E-state index contributed by atoms with van der Waals surface area (Å²) in [5, 5.41) is 6.65. The van der Waals surface area contributed by atoms with Gasteiger partial charge in [-0.1, -0.05) is 0 Å². The summed E-state index contributed by atoms with van der Waals surface area (Å²) in [6, 6.07) is 0. The Bertz CT molecular complexity index is 511. The molecule has 1 aliphatic rings. The van der Waals surface area contributed by atoms with E-state index in [9.17, 15) is 8.42 Å². The number of guanidine groups is 1. The zero-order chi connectivity index (χ0) is 19.4. The largest absolute Gasteiger partial charge is 0.385 e. The Balaban J connectivity index is 0.00000676. The molecule has 0 aliphatic carbocycles. The minimum atomic E-state index is -3.06. The molecule has 0 aromatic heterocycles. The lowest BCUT2D eigenvalue weighted by molar-refractivity contribution is 0.180. The van der Waals surface area contributed by atoms with E-state index in [2.05, 4.69) is 34.5 Å². The van der Waals surface area contributed by atoms with Gasteiger partial charge in [0.1, 0.15) is 0 Å². The number of hydrogen-bond donors (Lipinski definition) is 2. The van der Waals surface area contributed by atoms with Crippen molar-refractivity contribution in [2.24, 2.45) is 10.9 Å². The Morgan fingerprint density at radius 2 is 1.93 bits per heavy atom. The van der Waals surface area contributed by atoms with Crippen LogP contribution in [0.15, 0.2) is 4.99 Å². The maximum atomic E-state index is 11.6. The molecule has 0 atom stereocenters. The van der Waals surface area contributed by atoms with Gasteiger partial charge in [-0.2, -0.15) is 0 Å². The molecule has 0 amide bonds. The molecule has 0 aromatic rings. The summed E-state index contributed by atoms with van der Waals surface area (Å²) in [7, 11) is 0.778. The fourth-order valence-corrected chi connectivity index (χ4v) is 3.82. The van der Waals surface area contributed by atoms with Crippen LogP contribution < -0.4 is 10.6 Å². The molecule has 0 radical (unpaired) electrons. The molecule has 27 heavy (non-hydrogen) atoms. The Kier molecular flexibility index (Phi) is 14.7. The Labute approximate surface area is 182 Å². The van der Waals surface area contributed by atoms with E-state index in [4.69, 9.17) is 4.74 Å². The average Bonchev–Trinajstić information content (AvgIpc) is 2.59. The van der Waals surface area contributed by atoms with Crippen molar-refractivity contribution in [2.75, 3.05) is 72.8 Å². The van der Waals surface area contributed by atoms with Gasteiger partial charge in [-0.3, -0.25) is 4.99 Å². The van der Waals surface area contributed by atoms with E-state index >= 15 is 0 Å². The molecule has 1 fully saturated rings. The van der Waals surface area contributed by atoms with Crippen LogP contribution in [0.3, 0.4) is 0 Å². The average molecular weight is 519 g/mol. The van der Waals surface area contributed by atoms with Gasteiger partial charge in [-0.25, -0.2) is 12.7 Å². The van der Waals surface area contributed by atoms with E-state index < -0.39 is 10.0 Å². The lowest BCUT2D eigenvalue weighted by Gasteiger charge is -2.29. The van der Waals surface area contributed by atoms with Crippen LogP contribution in [-0.4, -0.2) is 96.4 Å². The molecule has 0 spiro atoms. The van der Waals surface area contributed by atoms with E-state index in [-0.39, 0.29) is 24.0 Å². The number of hydrogen-bond acceptors (Lipinski definition) is 5. The topological polar surface area (TPSA) is 86.3 Å². The summed E-state index contributed by atoms with van der Waals surface area (Å²) in [6.45, 7) is 8.41. The molecule has 10 heteroatoms. The first-order valence-electron chi connectivity index (χ1n) is 9.51. The molecule has 0 bridgehead atoms. The highest BCUT2D eigenvalue weighted by Gasteiger charge is 2.24. The van der Waals surface area contributed by atoms with E-state index in [0.29, 0.717) is 19.0 Å². The number of halogens is 1. The van der Waals surface area contributed by atoms with Crippen LogP contribution in [0.2, 0.25) is 0 Å². The second-order valence-corrected chi connectivity index (χ2v) is 8.88. The van der Waals surface area contributed by atoms with E-state index in [1.165, 1.54) is 6.26 Å². The number of methoxy groups -OCH3 is 1. The van der Waals surface area contributed by atoms with Crippen LogP contribution in [0, 0.1) is 5.92 Å². The van der Waals surface area contributed by atoms with Crippen molar-refractivity contribution in [1.29, 1.82) is 0 Å². The van der Waals surface area contributed by atoms with Crippen molar-refractivity contribution in [2.45, 2.75) is 26.2 Å². The third-order valence-electron chi connectivity index (χ3n) is 4.57. The van der Waals surface area contributed by atoms with E-state index in [1.807, 2.05) is 0 Å². The maximum Gasteiger partial charge on any atom is 0.211 e. The van der Waals surface area contributed by atoms with Crippen LogP contribution >= 0.6 is 24.0 Å². The van der Waals surface area contributed by atoms with Crippen LogP contribution in [0.5, 0.6) is 0 Å². The fraction of sp³-hybridized carbons (Fsp3) is 0.941. The number of nitrogens with one attached hydrogen (secondary N) is 2. The standard InChI is InChI=1S/C17H37N5O3S.HI/c1-5-18-17(19-9-13-21(2)10-6-14-25-3)20-15-16-7-11-22(12-8-16)26(4,23)24;/h16H,5-15H2,1-4H3,(H2,18,19,20);1H. The predicted octanol–water partition coefficient (Wildman–Crippen LogP) is 0.799. The third kappa shape index (κ3) is 12.1. The predicted molar refractivity (Wildman–Crippen MR) is 123 cm³/mol. The van der Waals surface area contributed by atoms with Gasteiger partial charge in [0.15, 0.2) is 5.96 Å². The molecule has 0 saturated carbocycles. The van der Waals surface area contributed by atoms with Crippen LogP contribution in [0.25, 0.3) is 0 Å². The minimum Gasteiger partial charge on any atom is -0.385 e. The van der Waals surface area contributed by atoms with Gasteiger partial charge in [0, 0.05) is 59.5 Å². The number of nitrogens with zero attached hydrogens (tertiary/aromatic N) is 3. The Morgan fingerprint density at radius 1 is 1.26 bits per heavy atom. The quantitative estimate of drug-likeness (QED) is 0.182. The number of aliphatic imine (C=N–C) groups is 1. The zero-order valence-electron chi connectivity index (χ0n) is 17.2. The molecular weight excluding hydrogens is 481 g/mol. The monoisotopic (exact) mass is 519 g/mol. The number of sulfonamides is 1. The van der Waals surface area contributed by atoms with Gasteiger partial charge in [0.05, 0.1) is 6.26 Å². The number of rotatable bonds is 11. The SMILES string of the molecule is CCNC(=NCC1CCN(S(C)(=O)=O)CC1)NCCN(C)CCCOC.I. The van der Waals surface area contributed by atoms with Gasteiger partial charge < -0.3 is 20.3 Å². The molecule has 2 N–H and O–H groups in total. The van der Waals surface area contributed by atoms with Gasteiger partial charge in [-0.15, -0.1) is 24.0 Å². The summed E-state index contributed by atoms with van der Waals surface area (Å²) in [5.74, 6) is 1.28. The van der Waals surface area contributed by atoms with Crippen molar-refractivity contribution in [3.63, 3.8) is 0 Å². The first kappa shape index (κ1) is 26.8. The number of likely N-dealkylation sites (N-methyl/N-ethyl adjacent to an activating group) is 1. The van der Waals surface area contributed by atoms with Crippen LogP contribution in [0.1, 0.15) is 26.2 Å². The highest BCUT2D eigenvalue weighted by atomic mass is 127. The van der Waals surface area contributed by atoms with E-state index in [0.717, 1.165) is 64.6 Å². The van der Waals surface area contributed by atoms with Crippen molar-refractivity contribution in [1.82, 2.24) is 19.8 Å². The minimum absolute atomic E-state index is 0. The van der Waals surface area contributed by atoms with Crippen LogP contribution in [-0.2, 0) is 14.8 Å². The lowest BCUT2D eigenvalue weighted by Crippen LogP contribution is -2.42. The molecule has 0 unspecified atom stereocenters. The highest BCUT2D eigenvalue weighted by molar-refractivity contribution is 14.0. The smallest absolute Gasteiger partial charge is 0.211 e. The molecule has 1 saturated heterocycles. The molecule has 1 rings (SSSR count). The van der Waals surface area contributed by atoms with Crippen molar-refractivity contribution >= 4 is 40.0 Å². The lowest BCUT2D eigenvalue weighted by atomic mass is 9.98. The molecule has 1 aliphatic heterocycles. The molecule has 0 aromatic carbocycles. The normalized spacial score (nSPS) is 17.0. The van der Waals surface area contributed by atoms with E-state index in [1.54, 1.807) is 11.4 Å². The van der Waals surface area contributed by atoms with Crippen molar-refractivity contribution < 1.29 is 13.2 Å². The first-order chi connectivity index (χ1) is 12.4. The van der Waals surface area contributed by atoms with Crippen LogP contribution in [0.4, 0.5) is 0 Å². The summed E-state index contributed by atoms with van der Waals surface area (Å²) < 4.78 is 29.8. The summed E-state index contributed by atoms with van der Waals surface area (Å²) >= 11 is 0. The Morgan fingerprint density at radius 3 is 2.48 bits per heavy atom. The first-order valence-corrected chi connectivity index (χ1v) is 11.4. The van der Waals surface area contributed by atoms with Crippen molar-refractivity contribution in [3.05, 3.63) is 0 Å². The van der Waals surface area contributed by atoms with Gasteiger partial charge in [-0.05, 0) is 39.2 Å². The van der Waals surface area contributed by atoms with Gasteiger partial charge >= 0.3 is 0 Å². The molecule has 8 nitrogen and oxygen atoms in total. The second kappa shape index (κ2) is 14.8. The Hall–Kier alpha value is -0.170. The number of ether oxygens (including phenoxy) is 1. The van der Waals surface area contributed by atoms with Gasteiger partial charge in [0.2, 0.25) is 10.0 Å². The summed E-state index contributed by atoms with van der Waals surface area (Å²) in [5.41, 5.74) is 0. The summed E-state index contributed by atoms with van der Waals surface area (Å²) in [6.07, 6.45) is 4.06. The van der Waals surface area contributed by atoms with Crippen molar-refractivity contribution in [3.8, 4) is 0 Å². The molecule has 162 valence electrons. The molecular formula is C17H38IN5O3S. The molecule has 1 heterocycles.